The van der Waals surface area contributed by atoms with E-state index in [0.29, 0.717) is 26.2 Å². The van der Waals surface area contributed by atoms with E-state index in [4.69, 9.17) is 14.2 Å². The Morgan fingerprint density at radius 1 is 0.725 bits per heavy atom. The first kappa shape index (κ1) is 29.6. The Hall–Kier alpha value is -3.40. The molecule has 3 aromatic rings. The Kier molecular flexibility index (Phi) is 11.4. The monoisotopic (exact) mass is 546 g/mol. The third kappa shape index (κ3) is 8.81. The second-order valence-electron chi connectivity index (χ2n) is 10.00. The third-order valence-corrected chi connectivity index (χ3v) is 6.91. The number of hydrogen-bond donors (Lipinski definition) is 1. The van der Waals surface area contributed by atoms with Gasteiger partial charge in [0.25, 0.3) is 5.91 Å². The van der Waals surface area contributed by atoms with Crippen LogP contribution in [0.15, 0.2) is 91.0 Å². The minimum atomic E-state index is -1.59. The Balaban J connectivity index is 1.54. The molecular formula is C32H38N2O6. The first-order valence-electron chi connectivity index (χ1n) is 13.6. The molecule has 8 heteroatoms. The van der Waals surface area contributed by atoms with Gasteiger partial charge in [0.05, 0.1) is 19.8 Å². The maximum atomic E-state index is 13.6. The topological polar surface area (TPSA) is 88.5 Å². The zero-order valence-corrected chi connectivity index (χ0v) is 22.9. The summed E-state index contributed by atoms with van der Waals surface area (Å²) in [7, 11) is 1.99. The van der Waals surface area contributed by atoms with Gasteiger partial charge in [0.15, 0.2) is 11.9 Å². The van der Waals surface area contributed by atoms with E-state index in [0.717, 1.165) is 16.7 Å². The molecule has 0 aromatic heterocycles. The quantitative estimate of drug-likeness (QED) is 0.333. The van der Waals surface area contributed by atoms with Gasteiger partial charge < -0.3 is 29.1 Å². The van der Waals surface area contributed by atoms with Gasteiger partial charge in [0.1, 0.15) is 18.8 Å². The fourth-order valence-electron chi connectivity index (χ4n) is 4.52. The Morgan fingerprint density at radius 3 is 1.73 bits per heavy atom. The summed E-state index contributed by atoms with van der Waals surface area (Å²) >= 11 is 0. The second-order valence-corrected chi connectivity index (χ2v) is 10.00. The summed E-state index contributed by atoms with van der Waals surface area (Å²) in [5, 5.41) is 11.4. The number of carbonyl (C=O) groups excluding carboxylic acids is 2. The van der Waals surface area contributed by atoms with E-state index in [1.54, 1.807) is 4.90 Å². The van der Waals surface area contributed by atoms with Crippen molar-refractivity contribution in [3.63, 3.8) is 0 Å². The maximum absolute atomic E-state index is 13.6. The van der Waals surface area contributed by atoms with Gasteiger partial charge in [-0.25, -0.2) is 0 Å². The smallest absolute Gasteiger partial charge is 0.254 e. The van der Waals surface area contributed by atoms with E-state index in [2.05, 4.69) is 4.90 Å². The molecule has 4 rings (SSSR count). The second kappa shape index (κ2) is 15.4. The standard InChI is InChI=1S/C32H38N2O6/c1-33-17-19-34(20-18-33)32(37)29(36)31(40-23-27-15-9-4-10-16-27)30(39-22-26-13-7-3-8-14-26)28(35)24-38-21-25-11-5-2-6-12-25/h2-16,29-31,36H,17-24H2,1H3/t29-,30-,31-/m1/s1. The maximum Gasteiger partial charge on any atom is 0.254 e. The molecule has 1 heterocycles. The van der Waals surface area contributed by atoms with Gasteiger partial charge in [0, 0.05) is 26.2 Å². The zero-order valence-electron chi connectivity index (χ0n) is 22.9. The number of likely N-dealkylation sites (N-methyl/N-ethyl adjacent to an activating group) is 1. The molecule has 1 aliphatic rings. The number of nitrogens with zero attached hydrogens (tertiary/aromatic N) is 2. The number of aliphatic hydroxyl groups is 1. The van der Waals surface area contributed by atoms with Crippen LogP contribution in [0.2, 0.25) is 0 Å². The highest BCUT2D eigenvalue weighted by Crippen LogP contribution is 2.19. The van der Waals surface area contributed by atoms with Gasteiger partial charge in [-0.15, -0.1) is 0 Å². The van der Waals surface area contributed by atoms with Crippen LogP contribution in [-0.2, 0) is 43.6 Å². The number of Topliss-reactive ketones (excluding diaryl/α,β-unsaturated/α-hetero) is 1. The number of hydrogen-bond acceptors (Lipinski definition) is 7. The highest BCUT2D eigenvalue weighted by atomic mass is 16.6. The summed E-state index contributed by atoms with van der Waals surface area (Å²) in [6.45, 7) is 2.58. The van der Waals surface area contributed by atoms with Crippen LogP contribution in [0.4, 0.5) is 0 Å². The number of carbonyl (C=O) groups is 2. The van der Waals surface area contributed by atoms with Crippen molar-refractivity contribution in [2.24, 2.45) is 0 Å². The van der Waals surface area contributed by atoms with Crippen molar-refractivity contribution >= 4 is 11.7 Å². The highest BCUT2D eigenvalue weighted by molar-refractivity contribution is 5.87. The number of ketones is 1. The lowest BCUT2D eigenvalue weighted by Gasteiger charge is -2.36. The average Bonchev–Trinajstić information content (AvgIpc) is 3.00. The molecule has 0 bridgehead atoms. The largest absolute Gasteiger partial charge is 0.380 e. The van der Waals surface area contributed by atoms with E-state index in [1.165, 1.54) is 0 Å². The first-order chi connectivity index (χ1) is 19.5. The van der Waals surface area contributed by atoms with E-state index in [1.807, 2.05) is 98.0 Å². The minimum Gasteiger partial charge on any atom is -0.380 e. The van der Waals surface area contributed by atoms with Crippen molar-refractivity contribution in [2.45, 2.75) is 38.1 Å². The SMILES string of the molecule is CN1CCN(C(=O)[C@H](O)[C@@H](OCc2ccccc2)[C@H](OCc2ccccc2)C(=O)COCc2ccccc2)CC1. The van der Waals surface area contributed by atoms with Crippen molar-refractivity contribution in [3.8, 4) is 0 Å². The third-order valence-electron chi connectivity index (χ3n) is 6.91. The molecule has 8 nitrogen and oxygen atoms in total. The predicted octanol–water partition coefficient (Wildman–Crippen LogP) is 3.08. The molecule has 0 radical (unpaired) electrons. The molecule has 0 saturated carbocycles. The minimum absolute atomic E-state index is 0.0991. The van der Waals surface area contributed by atoms with Gasteiger partial charge in [-0.2, -0.15) is 0 Å². The summed E-state index contributed by atoms with van der Waals surface area (Å²) in [6.07, 6.45) is -4.05. The summed E-state index contributed by atoms with van der Waals surface area (Å²) in [5.41, 5.74) is 2.63. The molecule has 1 fully saturated rings. The van der Waals surface area contributed by atoms with Crippen LogP contribution in [-0.4, -0.2) is 84.7 Å². The van der Waals surface area contributed by atoms with Crippen LogP contribution >= 0.6 is 0 Å². The molecule has 1 N–H and O–H groups in total. The Labute approximate surface area is 236 Å². The molecule has 40 heavy (non-hydrogen) atoms. The zero-order chi connectivity index (χ0) is 28.2. The van der Waals surface area contributed by atoms with Gasteiger partial charge in [0.2, 0.25) is 0 Å². The van der Waals surface area contributed by atoms with Crippen LogP contribution < -0.4 is 0 Å². The molecule has 3 atom stereocenters. The molecule has 0 aliphatic carbocycles. The number of piperazine rings is 1. The van der Waals surface area contributed by atoms with Crippen molar-refractivity contribution in [1.82, 2.24) is 9.80 Å². The lowest BCUT2D eigenvalue weighted by Crippen LogP contribution is -2.56. The van der Waals surface area contributed by atoms with Gasteiger partial charge in [-0.1, -0.05) is 91.0 Å². The van der Waals surface area contributed by atoms with Crippen LogP contribution in [0, 0.1) is 0 Å². The predicted molar refractivity (Wildman–Crippen MR) is 151 cm³/mol. The number of benzene rings is 3. The first-order valence-corrected chi connectivity index (χ1v) is 13.6. The van der Waals surface area contributed by atoms with Crippen LogP contribution in [0.3, 0.4) is 0 Å². The fourth-order valence-corrected chi connectivity index (χ4v) is 4.52. The Bertz CT molecular complexity index is 1170. The normalized spacial score (nSPS) is 16.3. The molecule has 1 amide bonds. The van der Waals surface area contributed by atoms with Crippen LogP contribution in [0.1, 0.15) is 16.7 Å². The van der Waals surface area contributed by atoms with Crippen molar-refractivity contribution in [1.29, 1.82) is 0 Å². The molecule has 0 spiro atoms. The molecule has 0 unspecified atom stereocenters. The summed E-state index contributed by atoms with van der Waals surface area (Å²) in [6, 6.07) is 28.4. The number of ether oxygens (including phenoxy) is 3. The lowest BCUT2D eigenvalue weighted by molar-refractivity contribution is -0.173. The van der Waals surface area contributed by atoms with Crippen LogP contribution in [0.5, 0.6) is 0 Å². The van der Waals surface area contributed by atoms with Crippen molar-refractivity contribution in [3.05, 3.63) is 108 Å². The summed E-state index contributed by atoms with van der Waals surface area (Å²) < 4.78 is 18.0. The molecule has 1 aliphatic heterocycles. The summed E-state index contributed by atoms with van der Waals surface area (Å²) in [5.74, 6) is -0.882. The van der Waals surface area contributed by atoms with Crippen molar-refractivity contribution < 1.29 is 28.9 Å². The number of rotatable bonds is 14. The van der Waals surface area contributed by atoms with Gasteiger partial charge in [-0.3, -0.25) is 9.59 Å². The molecule has 1 saturated heterocycles. The van der Waals surface area contributed by atoms with E-state index >= 15 is 0 Å². The fraction of sp³-hybridized carbons (Fsp3) is 0.375. The highest BCUT2D eigenvalue weighted by Gasteiger charge is 2.41. The van der Waals surface area contributed by atoms with E-state index in [9.17, 15) is 14.7 Å². The van der Waals surface area contributed by atoms with E-state index in [-0.39, 0.29) is 26.4 Å². The molecule has 212 valence electrons. The van der Waals surface area contributed by atoms with E-state index < -0.39 is 30.0 Å². The number of aliphatic hydroxyl groups excluding tert-OH is 1. The number of amides is 1. The molecular weight excluding hydrogens is 508 g/mol. The Morgan fingerprint density at radius 2 is 1.20 bits per heavy atom. The lowest BCUT2D eigenvalue weighted by atomic mass is 10.0. The average molecular weight is 547 g/mol. The summed E-state index contributed by atoms with van der Waals surface area (Å²) in [4.78, 5) is 30.8. The van der Waals surface area contributed by atoms with Gasteiger partial charge >= 0.3 is 0 Å². The van der Waals surface area contributed by atoms with Crippen molar-refractivity contribution in [2.75, 3.05) is 39.8 Å². The van der Waals surface area contributed by atoms with Gasteiger partial charge in [-0.05, 0) is 23.7 Å². The molecule has 3 aromatic carbocycles. The van der Waals surface area contributed by atoms with Crippen LogP contribution in [0.25, 0.3) is 0 Å².